The van der Waals surface area contributed by atoms with E-state index in [9.17, 15) is 18.2 Å². The summed E-state index contributed by atoms with van der Waals surface area (Å²) in [7, 11) is -1.65. The second-order valence-electron chi connectivity index (χ2n) is 6.89. The zero-order valence-electron chi connectivity index (χ0n) is 15.8. The number of amides is 1. The third-order valence-corrected chi connectivity index (χ3v) is 6.11. The molecule has 1 amide bonds. The largest absolute Gasteiger partial charge is 0.348 e. The fourth-order valence-corrected chi connectivity index (χ4v) is 4.46. The van der Waals surface area contributed by atoms with Gasteiger partial charge in [-0.1, -0.05) is 18.2 Å². The third-order valence-electron chi connectivity index (χ3n) is 4.79. The molecule has 0 saturated carbocycles. The lowest BCUT2D eigenvalue weighted by Crippen LogP contribution is -2.37. The molecule has 2 atom stereocenters. The van der Waals surface area contributed by atoms with Gasteiger partial charge < -0.3 is 10.0 Å². The average molecular weight is 423 g/mol. The van der Waals surface area contributed by atoms with Gasteiger partial charge in [0.15, 0.2) is 5.78 Å². The van der Waals surface area contributed by atoms with Crippen molar-refractivity contribution in [3.05, 3.63) is 95.1 Å². The molecule has 6 nitrogen and oxygen atoms in total. The number of aromatic nitrogens is 1. The van der Waals surface area contributed by atoms with Gasteiger partial charge in [-0.3, -0.25) is 14.6 Å². The fourth-order valence-electron chi connectivity index (χ4n) is 3.26. The predicted octanol–water partition coefficient (Wildman–Crippen LogP) is 3.03. The van der Waals surface area contributed by atoms with E-state index in [-0.39, 0.29) is 18.1 Å². The Morgan fingerprint density at radius 1 is 1.13 bits per heavy atom. The van der Waals surface area contributed by atoms with Gasteiger partial charge in [0, 0.05) is 30.1 Å². The van der Waals surface area contributed by atoms with Crippen LogP contribution in [0.2, 0.25) is 0 Å². The van der Waals surface area contributed by atoms with Crippen LogP contribution in [0.5, 0.6) is 0 Å². The summed E-state index contributed by atoms with van der Waals surface area (Å²) in [6.45, 7) is 0.308. The standard InChI is InChI=1S/C22H18FN3O3S/c23-17-5-1-3-14(9-17)10-20-21(27)18-11-16(6-7-19(18)26-30(20)29)22(28)25-13-15-4-2-8-24-12-15/h1-9,11-12,20,26H,10,13H2,(H,25,28). The topological polar surface area (TPSA) is 88.2 Å². The van der Waals surface area contributed by atoms with Crippen LogP contribution < -0.4 is 10.0 Å². The molecule has 0 radical (unpaired) electrons. The van der Waals surface area contributed by atoms with E-state index >= 15 is 0 Å². The summed E-state index contributed by atoms with van der Waals surface area (Å²) in [5.74, 6) is -1.08. The average Bonchev–Trinajstić information content (AvgIpc) is 2.75. The van der Waals surface area contributed by atoms with E-state index in [4.69, 9.17) is 0 Å². The van der Waals surface area contributed by atoms with Crippen molar-refractivity contribution >= 4 is 28.4 Å². The number of fused-ring (bicyclic) bond motifs is 1. The number of carbonyl (C=O) groups excluding carboxylic acids is 2. The normalized spacial score (nSPS) is 17.7. The molecule has 152 valence electrons. The molecule has 1 aromatic heterocycles. The molecule has 2 unspecified atom stereocenters. The van der Waals surface area contributed by atoms with Gasteiger partial charge in [0.25, 0.3) is 5.91 Å². The van der Waals surface area contributed by atoms with Crippen molar-refractivity contribution in [3.8, 4) is 0 Å². The molecule has 2 aromatic carbocycles. The van der Waals surface area contributed by atoms with Gasteiger partial charge in [0.05, 0.1) is 5.69 Å². The Morgan fingerprint density at radius 3 is 2.73 bits per heavy atom. The number of nitrogens with one attached hydrogen (secondary N) is 2. The van der Waals surface area contributed by atoms with Crippen molar-refractivity contribution in [1.29, 1.82) is 0 Å². The maximum atomic E-state index is 13.5. The number of pyridine rings is 1. The Bertz CT molecular complexity index is 1140. The second-order valence-corrected chi connectivity index (χ2v) is 8.26. The predicted molar refractivity (Wildman–Crippen MR) is 112 cm³/mol. The van der Waals surface area contributed by atoms with Crippen LogP contribution in [0.1, 0.15) is 31.8 Å². The van der Waals surface area contributed by atoms with E-state index in [2.05, 4.69) is 15.0 Å². The SMILES string of the molecule is O=C(NCc1cccnc1)c1ccc2c(c1)C(=O)C(Cc1cccc(F)c1)S(=O)N2. The van der Waals surface area contributed by atoms with Crippen molar-refractivity contribution in [2.75, 3.05) is 4.72 Å². The Morgan fingerprint density at radius 2 is 1.97 bits per heavy atom. The van der Waals surface area contributed by atoms with Crippen LogP contribution in [0.3, 0.4) is 0 Å². The number of anilines is 1. The van der Waals surface area contributed by atoms with E-state index in [1.807, 2.05) is 6.07 Å². The maximum Gasteiger partial charge on any atom is 0.251 e. The molecule has 0 spiro atoms. The summed E-state index contributed by atoms with van der Waals surface area (Å²) in [5.41, 5.74) is 2.47. The molecule has 2 heterocycles. The lowest BCUT2D eigenvalue weighted by Gasteiger charge is -2.24. The van der Waals surface area contributed by atoms with Crippen LogP contribution in [-0.2, 0) is 24.0 Å². The molecular formula is C22H18FN3O3S. The van der Waals surface area contributed by atoms with Crippen molar-refractivity contribution in [1.82, 2.24) is 10.3 Å². The van der Waals surface area contributed by atoms with Crippen molar-refractivity contribution < 1.29 is 18.2 Å². The molecular weight excluding hydrogens is 405 g/mol. The highest BCUT2D eigenvalue weighted by atomic mass is 32.2. The first-order valence-corrected chi connectivity index (χ1v) is 10.5. The number of carbonyl (C=O) groups is 2. The summed E-state index contributed by atoms with van der Waals surface area (Å²) in [6.07, 6.45) is 3.44. The van der Waals surface area contributed by atoms with Crippen LogP contribution in [0, 0.1) is 5.82 Å². The van der Waals surface area contributed by atoms with Crippen LogP contribution in [0.4, 0.5) is 10.1 Å². The lowest BCUT2D eigenvalue weighted by molar-refractivity contribution is 0.0951. The highest BCUT2D eigenvalue weighted by Crippen LogP contribution is 2.28. The summed E-state index contributed by atoms with van der Waals surface area (Å²) in [4.78, 5) is 29.5. The van der Waals surface area contributed by atoms with E-state index in [0.29, 0.717) is 28.9 Å². The highest BCUT2D eigenvalue weighted by molar-refractivity contribution is 7.88. The van der Waals surface area contributed by atoms with Gasteiger partial charge >= 0.3 is 0 Å². The second kappa shape index (κ2) is 8.54. The number of halogens is 1. The van der Waals surface area contributed by atoms with E-state index in [1.165, 1.54) is 18.2 Å². The minimum Gasteiger partial charge on any atom is -0.348 e. The van der Waals surface area contributed by atoms with E-state index < -0.39 is 22.1 Å². The summed E-state index contributed by atoms with van der Waals surface area (Å²) in [5, 5.41) is 1.92. The molecule has 2 N–H and O–H groups in total. The molecule has 0 aliphatic carbocycles. The Balaban J connectivity index is 1.53. The Hall–Kier alpha value is -3.39. The minimum atomic E-state index is -1.65. The van der Waals surface area contributed by atoms with Crippen molar-refractivity contribution in [2.24, 2.45) is 0 Å². The lowest BCUT2D eigenvalue weighted by atomic mass is 9.98. The smallest absolute Gasteiger partial charge is 0.251 e. The molecule has 0 saturated heterocycles. The Kier molecular flexibility index (Phi) is 5.67. The van der Waals surface area contributed by atoms with Crippen LogP contribution in [-0.4, -0.2) is 26.1 Å². The van der Waals surface area contributed by atoms with Gasteiger partial charge in [-0.25, -0.2) is 8.60 Å². The summed E-state index contributed by atoms with van der Waals surface area (Å²) < 4.78 is 28.8. The first kappa shape index (κ1) is 19.9. The summed E-state index contributed by atoms with van der Waals surface area (Å²) >= 11 is 0. The Labute approximate surface area is 175 Å². The van der Waals surface area contributed by atoms with E-state index in [0.717, 1.165) is 5.56 Å². The molecule has 4 rings (SSSR count). The van der Waals surface area contributed by atoms with Gasteiger partial charge in [-0.05, 0) is 53.9 Å². The molecule has 30 heavy (non-hydrogen) atoms. The molecule has 1 aliphatic heterocycles. The minimum absolute atomic E-state index is 0.132. The number of hydrogen-bond donors (Lipinski definition) is 2. The zero-order chi connectivity index (χ0) is 21.1. The van der Waals surface area contributed by atoms with Crippen molar-refractivity contribution in [3.63, 3.8) is 0 Å². The van der Waals surface area contributed by atoms with Crippen LogP contribution in [0.15, 0.2) is 67.0 Å². The van der Waals surface area contributed by atoms with Gasteiger partial charge in [-0.2, -0.15) is 0 Å². The molecule has 8 heteroatoms. The molecule has 0 fully saturated rings. The van der Waals surface area contributed by atoms with Gasteiger partial charge in [-0.15, -0.1) is 0 Å². The van der Waals surface area contributed by atoms with Crippen LogP contribution >= 0.6 is 0 Å². The maximum absolute atomic E-state index is 13.5. The number of nitrogens with zero attached hydrogens (tertiary/aromatic N) is 1. The molecule has 1 aliphatic rings. The van der Waals surface area contributed by atoms with Crippen molar-refractivity contribution in [2.45, 2.75) is 18.2 Å². The third kappa shape index (κ3) is 4.28. The number of benzene rings is 2. The van der Waals surface area contributed by atoms with Crippen LogP contribution in [0.25, 0.3) is 0 Å². The first-order valence-electron chi connectivity index (χ1n) is 9.28. The number of Topliss-reactive ketones (excluding diaryl/α,β-unsaturated/α-hetero) is 1. The number of hydrogen-bond acceptors (Lipinski definition) is 4. The number of ketones is 1. The number of rotatable bonds is 5. The van der Waals surface area contributed by atoms with Gasteiger partial charge in [0.1, 0.15) is 22.1 Å². The quantitative estimate of drug-likeness (QED) is 0.660. The zero-order valence-corrected chi connectivity index (χ0v) is 16.6. The monoisotopic (exact) mass is 423 g/mol. The first-order chi connectivity index (χ1) is 14.5. The molecule has 3 aromatic rings. The summed E-state index contributed by atoms with van der Waals surface area (Å²) in [6, 6.07) is 14.1. The highest BCUT2D eigenvalue weighted by Gasteiger charge is 2.34. The van der Waals surface area contributed by atoms with Gasteiger partial charge in [0.2, 0.25) is 0 Å². The fraction of sp³-hybridized carbons (Fsp3) is 0.136. The van der Waals surface area contributed by atoms with E-state index in [1.54, 1.807) is 42.7 Å². The molecule has 0 bridgehead atoms.